The van der Waals surface area contributed by atoms with Gasteiger partial charge in [-0.05, 0) is 164 Å². The number of rotatable bonds is 6. The van der Waals surface area contributed by atoms with Crippen molar-refractivity contribution in [1.29, 1.82) is 0 Å². The fraction of sp³-hybridized carbons (Fsp3) is 0.370. The molecule has 2 saturated heterocycles. The number of hydrogen-bond acceptors (Lipinski definition) is 10. The molecule has 0 saturated carbocycles. The zero-order chi connectivity index (χ0) is 52.2. The van der Waals surface area contributed by atoms with Crippen LogP contribution in [0, 0.1) is 37.1 Å². The van der Waals surface area contributed by atoms with E-state index in [1.165, 1.54) is 36.4 Å². The van der Waals surface area contributed by atoms with Gasteiger partial charge in [-0.15, -0.1) is 0 Å². The predicted octanol–water partition coefficient (Wildman–Crippen LogP) is 13.9. The Hall–Kier alpha value is -4.31. The van der Waals surface area contributed by atoms with E-state index in [0.717, 1.165) is 55.7 Å². The number of benzene rings is 4. The molecule has 6 aromatic rings. The molecule has 10 nitrogen and oxygen atoms in total. The van der Waals surface area contributed by atoms with Crippen LogP contribution in [0.15, 0.2) is 129 Å². The molecule has 0 radical (unpaired) electrons. The van der Waals surface area contributed by atoms with Crippen LogP contribution < -0.4 is 0 Å². The first kappa shape index (κ1) is 58.0. The zero-order valence-corrected chi connectivity index (χ0v) is 47.2. The normalized spacial score (nSPS) is 19.8. The summed E-state index contributed by atoms with van der Waals surface area (Å²) >= 11 is 6.61. The van der Waals surface area contributed by atoms with E-state index in [1.807, 2.05) is 118 Å². The number of aromatic nitrogens is 4. The summed E-state index contributed by atoms with van der Waals surface area (Å²) < 4.78 is 81.2. The summed E-state index contributed by atoms with van der Waals surface area (Å²) in [5.74, 6) is -0.662. The Labute approximate surface area is 457 Å². The minimum absolute atomic E-state index is 0. The largest absolute Gasteiger partial charge is 0.488 e. The molecule has 4 aliphatic rings. The average molecular weight is 1220 g/mol. The Morgan fingerprint density at radius 2 is 0.795 bits per heavy atom. The fourth-order valence-corrected chi connectivity index (χ4v) is 8.56. The van der Waals surface area contributed by atoms with Crippen LogP contribution in [0.5, 0.6) is 0 Å². The van der Waals surface area contributed by atoms with E-state index in [9.17, 15) is 17.6 Å². The molecule has 386 valence electrons. The molecule has 2 aromatic heterocycles. The standard InChI is InChI=1S/C21H17F2N3.C16H12BrF2N.C12H24B2O4.C5H5BrN2.Pd/c1-13-24-11-16(12-25-13)14-5-7-15(8-6-14)19-9-10-20(26-19)21-17(22)3-2-4-18(21)23;17-11-6-4-10(5-7-11)14-8-9-15(20-14)16-12(18)2-1-3-13(16)19;1-9(2)10(3,4)16-13(15-9)14-17-11(5,6)12(7,8)18-14;1-4-7-2-5(6)3-8-4;/h2-8,11-12,19H,9-10H2,1H3;1-7,14H,8-9H2;1-8H3;2-3H,1H3;. The predicted molar refractivity (Wildman–Crippen MR) is 283 cm³/mol. The Bertz CT molecular complexity index is 2770. The number of halogens is 6. The molecular weight excluding hydrogens is 1160 g/mol. The summed E-state index contributed by atoms with van der Waals surface area (Å²) in [7, 11) is -0.952. The maximum absolute atomic E-state index is 14.0. The van der Waals surface area contributed by atoms with Crippen molar-refractivity contribution < 1.29 is 56.6 Å². The Balaban J connectivity index is 0.000000167. The first-order chi connectivity index (χ1) is 33.9. The van der Waals surface area contributed by atoms with E-state index in [4.69, 9.17) is 18.6 Å². The third-order valence-corrected chi connectivity index (χ3v) is 14.6. The van der Waals surface area contributed by atoms with Crippen LogP contribution >= 0.6 is 31.9 Å². The molecule has 73 heavy (non-hydrogen) atoms. The van der Waals surface area contributed by atoms with E-state index in [-0.39, 0.29) is 66.0 Å². The van der Waals surface area contributed by atoms with Gasteiger partial charge in [-0.1, -0.05) is 64.5 Å². The minimum atomic E-state index is -0.556. The van der Waals surface area contributed by atoms with Gasteiger partial charge in [-0.3, -0.25) is 9.98 Å². The summed E-state index contributed by atoms with van der Waals surface area (Å²) in [5, 5.41) is 0. The molecule has 0 bridgehead atoms. The molecule has 2 unspecified atom stereocenters. The van der Waals surface area contributed by atoms with Crippen LogP contribution in [0.3, 0.4) is 0 Å². The zero-order valence-electron chi connectivity index (χ0n) is 42.4. The summed E-state index contributed by atoms with van der Waals surface area (Å²) in [6.07, 6.45) is 9.73. The first-order valence-corrected chi connectivity index (χ1v) is 25.3. The molecule has 19 heteroatoms. The number of hydrogen-bond donors (Lipinski definition) is 0. The monoisotopic (exact) mass is 1220 g/mol. The summed E-state index contributed by atoms with van der Waals surface area (Å²) in [6, 6.07) is 23.6. The molecule has 0 spiro atoms. The van der Waals surface area contributed by atoms with Gasteiger partial charge >= 0.3 is 14.0 Å². The number of nitrogens with zero attached hydrogens (tertiary/aromatic N) is 6. The first-order valence-electron chi connectivity index (χ1n) is 23.8. The molecule has 10 rings (SSSR count). The topological polar surface area (TPSA) is 113 Å². The van der Waals surface area contributed by atoms with Gasteiger partial charge < -0.3 is 18.6 Å². The van der Waals surface area contributed by atoms with Crippen molar-refractivity contribution in [3.8, 4) is 11.1 Å². The van der Waals surface area contributed by atoms with Gasteiger partial charge in [-0.2, -0.15) is 0 Å². The van der Waals surface area contributed by atoms with Crippen molar-refractivity contribution in [1.82, 2.24) is 19.9 Å². The van der Waals surface area contributed by atoms with Crippen molar-refractivity contribution in [3.63, 3.8) is 0 Å². The van der Waals surface area contributed by atoms with Crippen LogP contribution in [-0.2, 0) is 39.0 Å². The van der Waals surface area contributed by atoms with E-state index in [1.54, 1.807) is 24.8 Å². The maximum atomic E-state index is 14.0. The van der Waals surface area contributed by atoms with Crippen LogP contribution in [0.25, 0.3) is 11.1 Å². The fourth-order valence-electron chi connectivity index (χ4n) is 8.09. The van der Waals surface area contributed by atoms with Crippen molar-refractivity contribution in [2.75, 3.05) is 0 Å². The molecule has 0 aliphatic carbocycles. The SMILES string of the molecule is CC1(C)OB(B2OC(C)(C)C(C)(C)O2)OC1(C)C.Cc1ncc(-c2ccc(C3CCC(c4c(F)cccc4F)=N3)cc2)cn1.Cc1ncc(Br)cn1.Fc1cccc(F)c1C1=NC(c2ccc(Br)cc2)CC1.[Pd]. The number of aliphatic imine (C=N–C) groups is 2. The second-order valence-electron chi connectivity index (χ2n) is 19.8. The summed E-state index contributed by atoms with van der Waals surface area (Å²) in [6.45, 7) is 19.9. The third kappa shape index (κ3) is 14.1. The van der Waals surface area contributed by atoms with Gasteiger partial charge in [0.1, 0.15) is 34.9 Å². The van der Waals surface area contributed by atoms with Gasteiger partial charge in [0.15, 0.2) is 0 Å². The molecular formula is C54H58B2Br2F4N6O4Pd. The molecule has 4 aliphatic heterocycles. The van der Waals surface area contributed by atoms with E-state index < -0.39 is 37.3 Å². The second kappa shape index (κ2) is 24.1. The van der Waals surface area contributed by atoms with Crippen molar-refractivity contribution >= 4 is 57.3 Å². The summed E-state index contributed by atoms with van der Waals surface area (Å²) in [5.41, 5.74) is 3.69. The second-order valence-corrected chi connectivity index (χ2v) is 21.7. The molecule has 2 fully saturated rings. The van der Waals surface area contributed by atoms with Crippen LogP contribution in [-0.4, -0.2) is 67.8 Å². The minimum Gasteiger partial charge on any atom is -0.405 e. The Kier molecular flexibility index (Phi) is 19.2. The molecule has 4 aromatic carbocycles. The van der Waals surface area contributed by atoms with Crippen LogP contribution in [0.1, 0.15) is 127 Å². The smallest absolute Gasteiger partial charge is 0.405 e. The van der Waals surface area contributed by atoms with Crippen LogP contribution in [0.2, 0.25) is 0 Å². The average Bonchev–Trinajstić information content (AvgIpc) is 4.10. The van der Waals surface area contributed by atoms with Gasteiger partial charge in [0.2, 0.25) is 0 Å². The van der Waals surface area contributed by atoms with Gasteiger partial charge in [0.25, 0.3) is 0 Å². The van der Waals surface area contributed by atoms with Crippen molar-refractivity contribution in [3.05, 3.63) is 176 Å². The Morgan fingerprint density at radius 1 is 0.466 bits per heavy atom. The van der Waals surface area contributed by atoms with Crippen LogP contribution in [0.4, 0.5) is 17.6 Å². The van der Waals surface area contributed by atoms with Gasteiger partial charge in [-0.25, -0.2) is 37.5 Å². The van der Waals surface area contributed by atoms with Crippen molar-refractivity contribution in [2.24, 2.45) is 9.98 Å². The van der Waals surface area contributed by atoms with E-state index in [2.05, 4.69) is 61.8 Å². The van der Waals surface area contributed by atoms with Crippen molar-refractivity contribution in [2.45, 2.75) is 129 Å². The summed E-state index contributed by atoms with van der Waals surface area (Å²) in [4.78, 5) is 25.3. The quantitative estimate of drug-likeness (QED) is 0.120. The number of aryl methyl sites for hydroxylation is 2. The molecule has 2 atom stereocenters. The Morgan fingerprint density at radius 3 is 1.14 bits per heavy atom. The maximum Gasteiger partial charge on any atom is 0.488 e. The third-order valence-electron chi connectivity index (χ3n) is 13.6. The van der Waals surface area contributed by atoms with E-state index >= 15 is 0 Å². The molecule has 6 heterocycles. The molecule has 0 N–H and O–H groups in total. The van der Waals surface area contributed by atoms with E-state index in [0.29, 0.717) is 24.3 Å². The van der Waals surface area contributed by atoms with Gasteiger partial charge in [0.05, 0.1) is 50.1 Å². The van der Waals surface area contributed by atoms with Gasteiger partial charge in [0, 0.05) is 66.7 Å². The molecule has 0 amide bonds.